The van der Waals surface area contributed by atoms with Crippen LogP contribution in [0.15, 0.2) is 48.6 Å². The van der Waals surface area contributed by atoms with Crippen LogP contribution in [0.2, 0.25) is 0 Å². The van der Waals surface area contributed by atoms with Crippen molar-refractivity contribution in [3.05, 3.63) is 54.1 Å². The Balaban J connectivity index is 1.48. The molecule has 0 aliphatic carbocycles. The van der Waals surface area contributed by atoms with Gasteiger partial charge in [-0.25, -0.2) is 0 Å². The number of benzene rings is 1. The zero-order valence-corrected chi connectivity index (χ0v) is 17.4. The molecule has 32 heavy (non-hydrogen) atoms. The fourth-order valence-corrected chi connectivity index (χ4v) is 3.68. The second-order valence-corrected chi connectivity index (χ2v) is 7.89. The highest BCUT2D eigenvalue weighted by Gasteiger charge is 2.46. The van der Waals surface area contributed by atoms with Crippen LogP contribution in [0.3, 0.4) is 0 Å². The fraction of sp³-hybridized carbons (Fsp3) is 0.522. The van der Waals surface area contributed by atoms with Crippen molar-refractivity contribution in [1.29, 1.82) is 0 Å². The van der Waals surface area contributed by atoms with E-state index < -0.39 is 23.8 Å². The van der Waals surface area contributed by atoms with E-state index in [9.17, 15) is 23.1 Å². The molecule has 9 heteroatoms. The second-order valence-electron chi connectivity index (χ2n) is 7.89. The van der Waals surface area contributed by atoms with Gasteiger partial charge in [0.05, 0.1) is 17.8 Å². The van der Waals surface area contributed by atoms with Gasteiger partial charge in [0.25, 0.3) is 0 Å². The van der Waals surface area contributed by atoms with Gasteiger partial charge in [0, 0.05) is 18.8 Å². The molecule has 176 valence electrons. The number of aliphatic hydroxyl groups excluding tert-OH is 1. The number of carboxylic acids is 1. The summed E-state index contributed by atoms with van der Waals surface area (Å²) in [6.07, 6.45) is 4.16. The van der Waals surface area contributed by atoms with E-state index in [0.717, 1.165) is 18.6 Å². The van der Waals surface area contributed by atoms with E-state index in [1.807, 2.05) is 12.2 Å². The molecule has 0 amide bonds. The van der Waals surface area contributed by atoms with E-state index in [2.05, 4.69) is 0 Å². The Bertz CT molecular complexity index is 816. The molecule has 1 aromatic carbocycles. The van der Waals surface area contributed by atoms with Crippen LogP contribution >= 0.6 is 0 Å². The number of carbonyl (C=O) groups is 1. The topological polar surface area (TPSA) is 85.2 Å². The van der Waals surface area contributed by atoms with Gasteiger partial charge in [-0.1, -0.05) is 30.4 Å². The Morgan fingerprint density at radius 3 is 2.78 bits per heavy atom. The van der Waals surface area contributed by atoms with Gasteiger partial charge in [-0.2, -0.15) is 13.2 Å². The third-order valence-electron chi connectivity index (χ3n) is 5.40. The first-order chi connectivity index (χ1) is 15.2. The van der Waals surface area contributed by atoms with Gasteiger partial charge < -0.3 is 24.4 Å². The lowest BCUT2D eigenvalue weighted by atomic mass is 9.84. The third kappa shape index (κ3) is 7.08. The summed E-state index contributed by atoms with van der Waals surface area (Å²) in [5.74, 6) is -0.723. The molecule has 0 unspecified atom stereocenters. The molecular weight excluding hydrogens is 429 g/mol. The highest BCUT2D eigenvalue weighted by molar-refractivity contribution is 5.66. The molecular formula is C23H27F3O6. The molecule has 3 fully saturated rings. The number of alkyl halides is 3. The maximum atomic E-state index is 12.8. The lowest BCUT2D eigenvalue weighted by Crippen LogP contribution is -2.55. The summed E-state index contributed by atoms with van der Waals surface area (Å²) in [4.78, 5) is 10.5. The SMILES string of the molecule is O=C(O)CCC/C=C\C[C@H]1[C@@H]2C[C@@H](O2)O[C@@H]1/C=C/[C@@H](O)COc1cccc(C(F)(F)F)c1. The Labute approximate surface area is 184 Å². The van der Waals surface area contributed by atoms with Gasteiger partial charge in [-0.05, 0) is 37.5 Å². The quantitative estimate of drug-likeness (QED) is 0.381. The molecule has 0 radical (unpaired) electrons. The number of aliphatic carboxylic acids is 1. The Kier molecular flexibility index (Phi) is 8.33. The van der Waals surface area contributed by atoms with Gasteiger partial charge in [0.15, 0.2) is 6.29 Å². The monoisotopic (exact) mass is 456 g/mol. The summed E-state index contributed by atoms with van der Waals surface area (Å²) in [5, 5.41) is 18.8. The molecule has 3 aliphatic heterocycles. The Morgan fingerprint density at radius 2 is 2.06 bits per heavy atom. The van der Waals surface area contributed by atoms with Crippen molar-refractivity contribution in [2.75, 3.05) is 6.61 Å². The van der Waals surface area contributed by atoms with Crippen molar-refractivity contribution < 1.29 is 42.4 Å². The number of ether oxygens (including phenoxy) is 3. The van der Waals surface area contributed by atoms with Crippen LogP contribution < -0.4 is 4.74 Å². The van der Waals surface area contributed by atoms with Gasteiger partial charge in [0.1, 0.15) is 18.5 Å². The summed E-state index contributed by atoms with van der Waals surface area (Å²) in [7, 11) is 0. The predicted octanol–water partition coefficient (Wildman–Crippen LogP) is 4.33. The number of fused-ring (bicyclic) bond motifs is 2. The lowest BCUT2D eigenvalue weighted by Gasteiger charge is -2.49. The molecule has 5 atom stereocenters. The number of halogens is 3. The number of allylic oxidation sites excluding steroid dienone is 2. The van der Waals surface area contributed by atoms with E-state index in [-0.39, 0.29) is 43.2 Å². The standard InChI is InChI=1S/C23H27F3O6/c24-23(25,26)15-6-5-7-17(12-15)30-14-16(27)10-11-19-18(20-13-22(31-19)32-20)8-3-1-2-4-9-21(28)29/h1,3,5-7,10-12,16,18-20,22,27H,2,4,8-9,13-14H2,(H,28,29)/b3-1-,11-10+/t16-,18-,19-,20+,22-/m1/s1. The zero-order chi connectivity index (χ0) is 23.1. The van der Waals surface area contributed by atoms with Crippen molar-refractivity contribution in [2.45, 2.75) is 62.9 Å². The van der Waals surface area contributed by atoms with Crippen molar-refractivity contribution in [2.24, 2.45) is 5.92 Å². The first-order valence-corrected chi connectivity index (χ1v) is 10.6. The minimum absolute atomic E-state index is 0.0294. The minimum Gasteiger partial charge on any atom is -0.491 e. The summed E-state index contributed by atoms with van der Waals surface area (Å²) >= 11 is 0. The molecule has 3 aliphatic rings. The highest BCUT2D eigenvalue weighted by atomic mass is 19.4. The van der Waals surface area contributed by atoms with E-state index in [0.29, 0.717) is 19.3 Å². The van der Waals surface area contributed by atoms with Gasteiger partial charge in [-0.3, -0.25) is 4.79 Å². The number of aliphatic hydroxyl groups is 1. The number of hydrogen-bond donors (Lipinski definition) is 2. The van der Waals surface area contributed by atoms with Crippen LogP contribution in [0, 0.1) is 5.92 Å². The molecule has 0 aromatic heterocycles. The average Bonchev–Trinajstić information content (AvgIpc) is 2.72. The Hall–Kier alpha value is -2.36. The molecule has 2 bridgehead atoms. The summed E-state index contributed by atoms with van der Waals surface area (Å²) in [6.45, 7) is -0.192. The maximum absolute atomic E-state index is 12.8. The molecule has 0 saturated carbocycles. The van der Waals surface area contributed by atoms with Crippen LogP contribution in [0.25, 0.3) is 0 Å². The lowest BCUT2D eigenvalue weighted by molar-refractivity contribution is -0.337. The van der Waals surface area contributed by atoms with Gasteiger partial charge >= 0.3 is 12.1 Å². The summed E-state index contributed by atoms with van der Waals surface area (Å²) < 4.78 is 55.1. The second kappa shape index (κ2) is 11.0. The van der Waals surface area contributed by atoms with Crippen LogP contribution in [0.4, 0.5) is 13.2 Å². The van der Waals surface area contributed by atoms with Gasteiger partial charge in [-0.15, -0.1) is 0 Å². The molecule has 4 rings (SSSR count). The molecule has 2 N–H and O–H groups in total. The van der Waals surface area contributed by atoms with Crippen molar-refractivity contribution in [3.63, 3.8) is 0 Å². The normalized spacial score (nSPS) is 26.2. The van der Waals surface area contributed by atoms with E-state index in [1.165, 1.54) is 18.2 Å². The highest BCUT2D eigenvalue weighted by Crippen LogP contribution is 2.40. The van der Waals surface area contributed by atoms with Crippen LogP contribution in [0.5, 0.6) is 5.75 Å². The van der Waals surface area contributed by atoms with Crippen molar-refractivity contribution in [1.82, 2.24) is 0 Å². The Morgan fingerprint density at radius 1 is 1.28 bits per heavy atom. The number of carboxylic acid groups (broad SMARTS) is 1. The van der Waals surface area contributed by atoms with Crippen molar-refractivity contribution >= 4 is 5.97 Å². The number of hydrogen-bond acceptors (Lipinski definition) is 5. The van der Waals surface area contributed by atoms with Crippen LogP contribution in [-0.4, -0.2) is 47.4 Å². The average molecular weight is 456 g/mol. The van der Waals surface area contributed by atoms with Crippen LogP contribution in [0.1, 0.15) is 37.7 Å². The molecule has 3 heterocycles. The first kappa shape index (κ1) is 24.3. The molecule has 1 aromatic rings. The van der Waals surface area contributed by atoms with Crippen LogP contribution in [-0.2, 0) is 20.4 Å². The summed E-state index contributed by atoms with van der Waals surface area (Å²) in [5.41, 5.74) is -0.811. The largest absolute Gasteiger partial charge is 0.491 e. The van der Waals surface area contributed by atoms with E-state index in [4.69, 9.17) is 19.3 Å². The predicted molar refractivity (Wildman–Crippen MR) is 109 cm³/mol. The van der Waals surface area contributed by atoms with Gasteiger partial charge in [0.2, 0.25) is 0 Å². The van der Waals surface area contributed by atoms with E-state index >= 15 is 0 Å². The third-order valence-corrected chi connectivity index (χ3v) is 5.40. The number of rotatable bonds is 11. The smallest absolute Gasteiger partial charge is 0.416 e. The van der Waals surface area contributed by atoms with Crippen molar-refractivity contribution in [3.8, 4) is 5.75 Å². The van der Waals surface area contributed by atoms with E-state index in [1.54, 1.807) is 6.08 Å². The first-order valence-electron chi connectivity index (χ1n) is 10.6. The molecule has 6 nitrogen and oxygen atoms in total. The fourth-order valence-electron chi connectivity index (χ4n) is 3.68. The summed E-state index contributed by atoms with van der Waals surface area (Å²) in [6, 6.07) is 4.50. The number of unbranched alkanes of at least 4 members (excludes halogenated alkanes) is 1. The minimum atomic E-state index is -4.46. The maximum Gasteiger partial charge on any atom is 0.416 e. The molecule has 3 saturated heterocycles. The molecule has 0 spiro atoms. The zero-order valence-electron chi connectivity index (χ0n) is 17.4.